The molecule has 0 aliphatic rings. The van der Waals surface area contributed by atoms with E-state index in [-0.39, 0.29) is 22.0 Å². The van der Waals surface area contributed by atoms with Crippen molar-refractivity contribution >= 4 is 31.7 Å². The summed E-state index contributed by atoms with van der Waals surface area (Å²) < 4.78 is 27.5. The molecule has 0 fully saturated rings. The Morgan fingerprint density at radius 3 is 2.47 bits per heavy atom. The minimum absolute atomic E-state index is 0.117. The van der Waals surface area contributed by atoms with Crippen LogP contribution in [0.5, 0.6) is 5.75 Å². The molecule has 2 N–H and O–H groups in total. The van der Waals surface area contributed by atoms with Gasteiger partial charge in [0, 0.05) is 5.56 Å². The Hall–Kier alpha value is -0.920. The van der Waals surface area contributed by atoms with E-state index in [0.29, 0.717) is 0 Å². The first-order valence-electron chi connectivity index (χ1n) is 4.66. The highest BCUT2D eigenvalue weighted by atomic mass is 79.9. The Kier molecular flexibility index (Phi) is 4.29. The van der Waals surface area contributed by atoms with E-state index in [2.05, 4.69) is 15.9 Å². The monoisotopic (exact) mass is 321 g/mol. The fraction of sp³-hybridized carbons (Fsp3) is 0.300. The second-order valence-corrected chi connectivity index (χ2v) is 6.29. The van der Waals surface area contributed by atoms with E-state index in [4.69, 9.17) is 9.88 Å². The Balaban J connectivity index is 3.38. The van der Waals surface area contributed by atoms with Crippen LogP contribution in [0.15, 0.2) is 23.1 Å². The summed E-state index contributed by atoms with van der Waals surface area (Å²) in [6.07, 6.45) is 0. The van der Waals surface area contributed by atoms with Gasteiger partial charge in [0.05, 0.1) is 11.9 Å². The molecule has 17 heavy (non-hydrogen) atoms. The van der Waals surface area contributed by atoms with E-state index in [9.17, 15) is 13.2 Å². The summed E-state index contributed by atoms with van der Waals surface area (Å²) in [6.45, 7) is 1.66. The normalized spacial score (nSPS) is 13.2. The quantitative estimate of drug-likeness (QED) is 0.669. The molecule has 1 aromatic rings. The Morgan fingerprint density at radius 2 is 2.06 bits per heavy atom. The van der Waals surface area contributed by atoms with E-state index < -0.39 is 14.9 Å². The molecule has 0 radical (unpaired) electrons. The van der Waals surface area contributed by atoms with Gasteiger partial charge in [-0.05, 0) is 25.1 Å². The Bertz CT molecular complexity index is 539. The number of hydrogen-bond acceptors (Lipinski definition) is 4. The predicted octanol–water partition coefficient (Wildman–Crippen LogP) is 1.31. The van der Waals surface area contributed by atoms with Gasteiger partial charge >= 0.3 is 0 Å². The van der Waals surface area contributed by atoms with Crippen molar-refractivity contribution in [1.82, 2.24) is 0 Å². The molecule has 0 bridgehead atoms. The van der Waals surface area contributed by atoms with Crippen LogP contribution in [-0.4, -0.2) is 26.1 Å². The second kappa shape index (κ2) is 5.16. The molecule has 1 aromatic carbocycles. The number of nitrogens with two attached hydrogens (primary N) is 1. The molecule has 0 unspecified atom stereocenters. The molecule has 7 heteroatoms. The number of primary sulfonamides is 1. The van der Waals surface area contributed by atoms with Crippen molar-refractivity contribution in [3.63, 3.8) is 0 Å². The average molecular weight is 322 g/mol. The number of sulfonamides is 1. The molecule has 0 spiro atoms. The van der Waals surface area contributed by atoms with Crippen molar-refractivity contribution in [2.75, 3.05) is 7.11 Å². The highest BCUT2D eigenvalue weighted by Gasteiger charge is 2.19. The molecule has 5 nitrogen and oxygen atoms in total. The van der Waals surface area contributed by atoms with Gasteiger partial charge in [0.25, 0.3) is 0 Å². The molecule has 0 aliphatic carbocycles. The first kappa shape index (κ1) is 14.1. The third kappa shape index (κ3) is 3.27. The van der Waals surface area contributed by atoms with Crippen molar-refractivity contribution in [2.45, 2.75) is 16.6 Å². The van der Waals surface area contributed by atoms with Crippen LogP contribution in [0.1, 0.15) is 17.3 Å². The molecular weight excluding hydrogens is 310 g/mol. The van der Waals surface area contributed by atoms with Crippen LogP contribution in [0.25, 0.3) is 0 Å². The number of benzene rings is 1. The molecule has 0 aliphatic heterocycles. The van der Waals surface area contributed by atoms with Gasteiger partial charge in [-0.3, -0.25) is 4.79 Å². The highest BCUT2D eigenvalue weighted by Crippen LogP contribution is 2.24. The van der Waals surface area contributed by atoms with Crippen LogP contribution in [-0.2, 0) is 10.0 Å². The van der Waals surface area contributed by atoms with Crippen LogP contribution in [0.4, 0.5) is 0 Å². The zero-order valence-corrected chi connectivity index (χ0v) is 11.7. The summed E-state index contributed by atoms with van der Waals surface area (Å²) in [6, 6.07) is 4.12. The van der Waals surface area contributed by atoms with Crippen molar-refractivity contribution in [3.05, 3.63) is 23.8 Å². The zero-order chi connectivity index (χ0) is 13.2. The van der Waals surface area contributed by atoms with Gasteiger partial charge in [-0.15, -0.1) is 0 Å². The first-order valence-corrected chi connectivity index (χ1v) is 7.12. The number of alkyl halides is 1. The van der Waals surface area contributed by atoms with Crippen molar-refractivity contribution in [3.8, 4) is 5.75 Å². The maximum atomic E-state index is 11.7. The Morgan fingerprint density at radius 1 is 1.47 bits per heavy atom. The number of Topliss-reactive ketones (excluding diaryl/α,β-unsaturated/α-hetero) is 1. The molecule has 1 atom stereocenters. The van der Waals surface area contributed by atoms with E-state index in [0.717, 1.165) is 0 Å². The summed E-state index contributed by atoms with van der Waals surface area (Å²) in [7, 11) is -2.59. The SMILES string of the molecule is COc1ccc(C(=O)[C@H](C)Br)cc1S(N)(=O)=O. The van der Waals surface area contributed by atoms with Crippen LogP contribution in [0.2, 0.25) is 0 Å². The van der Waals surface area contributed by atoms with Gasteiger partial charge < -0.3 is 4.74 Å². The summed E-state index contributed by atoms with van der Waals surface area (Å²) in [5.41, 5.74) is 0.263. The summed E-state index contributed by atoms with van der Waals surface area (Å²) in [5, 5.41) is 5.05. The molecule has 0 heterocycles. The number of ketones is 1. The molecule has 1 rings (SSSR count). The lowest BCUT2D eigenvalue weighted by molar-refractivity contribution is 0.0995. The van der Waals surface area contributed by atoms with E-state index in [1.165, 1.54) is 25.3 Å². The van der Waals surface area contributed by atoms with E-state index in [1.807, 2.05) is 0 Å². The largest absolute Gasteiger partial charge is 0.495 e. The summed E-state index contributed by atoms with van der Waals surface area (Å²) in [5.74, 6) is -0.108. The molecular formula is C10H12BrNO4S. The number of carbonyl (C=O) groups excluding carboxylic acids is 1. The molecule has 0 saturated carbocycles. The maximum Gasteiger partial charge on any atom is 0.241 e. The van der Waals surface area contributed by atoms with Crippen LogP contribution < -0.4 is 9.88 Å². The smallest absolute Gasteiger partial charge is 0.241 e. The third-order valence-corrected chi connectivity index (χ3v) is 3.46. The fourth-order valence-electron chi connectivity index (χ4n) is 1.28. The minimum atomic E-state index is -3.92. The van der Waals surface area contributed by atoms with E-state index in [1.54, 1.807) is 6.92 Å². The lowest BCUT2D eigenvalue weighted by Gasteiger charge is -2.09. The number of methoxy groups -OCH3 is 1. The number of rotatable bonds is 4. The number of halogens is 1. The fourth-order valence-corrected chi connectivity index (χ4v) is 2.27. The molecule has 0 saturated heterocycles. The topological polar surface area (TPSA) is 86.5 Å². The van der Waals surface area contributed by atoms with Gasteiger partial charge in [0.2, 0.25) is 10.0 Å². The van der Waals surface area contributed by atoms with Crippen LogP contribution in [0, 0.1) is 0 Å². The van der Waals surface area contributed by atoms with Crippen molar-refractivity contribution < 1.29 is 17.9 Å². The second-order valence-electron chi connectivity index (χ2n) is 3.39. The molecule has 94 valence electrons. The van der Waals surface area contributed by atoms with Crippen molar-refractivity contribution in [1.29, 1.82) is 0 Å². The van der Waals surface area contributed by atoms with Crippen LogP contribution in [0.3, 0.4) is 0 Å². The highest BCUT2D eigenvalue weighted by molar-refractivity contribution is 9.10. The first-order chi connectivity index (χ1) is 7.77. The zero-order valence-electron chi connectivity index (χ0n) is 9.31. The Labute approximate surface area is 108 Å². The predicted molar refractivity (Wildman–Crippen MR) is 67.1 cm³/mol. The summed E-state index contributed by atoms with van der Waals surface area (Å²) in [4.78, 5) is 11.1. The van der Waals surface area contributed by atoms with E-state index >= 15 is 0 Å². The number of ether oxygens (including phenoxy) is 1. The van der Waals surface area contributed by atoms with Gasteiger partial charge in [0.1, 0.15) is 10.6 Å². The standard InChI is InChI=1S/C10H12BrNO4S/c1-6(11)10(13)7-3-4-8(16-2)9(5-7)17(12,14)15/h3-6H,1-2H3,(H2,12,14,15)/t6-/m0/s1. The molecule has 0 aromatic heterocycles. The lowest BCUT2D eigenvalue weighted by atomic mass is 10.1. The number of carbonyl (C=O) groups is 1. The molecule has 0 amide bonds. The third-order valence-electron chi connectivity index (χ3n) is 2.12. The number of hydrogen-bond donors (Lipinski definition) is 1. The van der Waals surface area contributed by atoms with Gasteiger partial charge in [-0.25, -0.2) is 13.6 Å². The van der Waals surface area contributed by atoms with Crippen LogP contribution >= 0.6 is 15.9 Å². The van der Waals surface area contributed by atoms with Gasteiger partial charge in [-0.2, -0.15) is 0 Å². The van der Waals surface area contributed by atoms with Gasteiger partial charge in [0.15, 0.2) is 5.78 Å². The van der Waals surface area contributed by atoms with Gasteiger partial charge in [-0.1, -0.05) is 15.9 Å². The van der Waals surface area contributed by atoms with Crippen molar-refractivity contribution in [2.24, 2.45) is 5.14 Å². The maximum absolute atomic E-state index is 11.7. The minimum Gasteiger partial charge on any atom is -0.495 e. The lowest BCUT2D eigenvalue weighted by Crippen LogP contribution is -2.16. The average Bonchev–Trinajstić information content (AvgIpc) is 2.25. The summed E-state index contributed by atoms with van der Waals surface area (Å²) >= 11 is 3.13.